The van der Waals surface area contributed by atoms with Crippen molar-refractivity contribution in [1.82, 2.24) is 30.0 Å². The molecule has 5 amide bonds. The highest BCUT2D eigenvalue weighted by Crippen LogP contribution is 2.38. The number of nitrogens with two attached hydrogens (primary N) is 1. The zero-order valence-electron chi connectivity index (χ0n) is 35.9. The van der Waals surface area contributed by atoms with Crippen LogP contribution in [0.3, 0.4) is 0 Å². The molecule has 0 radical (unpaired) electrons. The maximum Gasteiger partial charge on any atom is 0.271 e. The van der Waals surface area contributed by atoms with E-state index in [9.17, 15) is 24.0 Å². The quantitative estimate of drug-likeness (QED) is 0.182. The lowest BCUT2D eigenvalue weighted by Gasteiger charge is -2.46. The van der Waals surface area contributed by atoms with Crippen LogP contribution < -0.4 is 36.1 Å². The number of rotatable bonds is 13. The fraction of sp³-hybridized carbons (Fsp3) is 0.533. The summed E-state index contributed by atoms with van der Waals surface area (Å²) in [6.45, 7) is 6.70. The second-order valence-corrected chi connectivity index (χ2v) is 17.3. The van der Waals surface area contributed by atoms with E-state index in [0.29, 0.717) is 65.5 Å². The number of benzene rings is 2. The molecule has 1 aromatic heterocycles. The fourth-order valence-corrected chi connectivity index (χ4v) is 10.3. The van der Waals surface area contributed by atoms with Gasteiger partial charge in [-0.25, -0.2) is 9.97 Å². The Morgan fingerprint density at radius 2 is 1.68 bits per heavy atom. The van der Waals surface area contributed by atoms with E-state index >= 15 is 0 Å². The predicted octanol–water partition coefficient (Wildman–Crippen LogP) is 2.97. The third-order valence-corrected chi connectivity index (χ3v) is 13.6. The van der Waals surface area contributed by atoms with Crippen LogP contribution in [-0.4, -0.2) is 138 Å². The van der Waals surface area contributed by atoms with Crippen molar-refractivity contribution in [2.45, 2.75) is 101 Å². The summed E-state index contributed by atoms with van der Waals surface area (Å²) in [6, 6.07) is 11.2. The molecule has 18 heteroatoms. The molecule has 2 bridgehead atoms. The van der Waals surface area contributed by atoms with Gasteiger partial charge in [-0.1, -0.05) is 13.0 Å². The van der Waals surface area contributed by atoms with E-state index in [4.69, 9.17) is 24.9 Å². The van der Waals surface area contributed by atoms with Crippen molar-refractivity contribution in [1.29, 1.82) is 0 Å². The van der Waals surface area contributed by atoms with Crippen LogP contribution in [0.2, 0.25) is 0 Å². The van der Waals surface area contributed by atoms with Crippen molar-refractivity contribution in [3.05, 3.63) is 58.9 Å². The number of imide groups is 1. The van der Waals surface area contributed by atoms with Gasteiger partial charge in [-0.3, -0.25) is 34.2 Å². The Morgan fingerprint density at radius 1 is 0.921 bits per heavy atom. The minimum absolute atomic E-state index is 0.0612. The molecule has 334 valence electrons. The van der Waals surface area contributed by atoms with Crippen LogP contribution in [0.5, 0.6) is 11.5 Å². The van der Waals surface area contributed by atoms with Crippen molar-refractivity contribution in [3.63, 3.8) is 0 Å². The Kier molecular flexibility index (Phi) is 12.1. The number of nitrogens with one attached hydrogen (secondary N) is 3. The van der Waals surface area contributed by atoms with Gasteiger partial charge in [0.05, 0.1) is 25.0 Å². The largest absolute Gasteiger partial charge is 0.495 e. The Labute approximate surface area is 366 Å². The molecule has 6 aliphatic rings. The van der Waals surface area contributed by atoms with Gasteiger partial charge in [-0.05, 0) is 75.6 Å². The van der Waals surface area contributed by atoms with Crippen molar-refractivity contribution in [3.8, 4) is 11.5 Å². The number of aromatic nitrogens is 2. The molecule has 0 spiro atoms. The third kappa shape index (κ3) is 8.57. The second-order valence-electron chi connectivity index (χ2n) is 17.3. The molecule has 2 aromatic carbocycles. The van der Waals surface area contributed by atoms with E-state index in [1.807, 2.05) is 30.0 Å². The summed E-state index contributed by atoms with van der Waals surface area (Å²) in [5, 5.41) is 9.14. The number of primary amides is 1. The number of hydrogen-bond acceptors (Lipinski definition) is 14. The Hall–Kier alpha value is -6.01. The van der Waals surface area contributed by atoms with Gasteiger partial charge in [0.15, 0.2) is 23.9 Å². The molecule has 5 fully saturated rings. The summed E-state index contributed by atoms with van der Waals surface area (Å²) in [4.78, 5) is 81.7. The lowest BCUT2D eigenvalue weighted by Crippen LogP contribution is -2.60. The number of carbonyl (C=O) groups is 5. The second kappa shape index (κ2) is 18.0. The predicted molar refractivity (Wildman–Crippen MR) is 232 cm³/mol. The minimum atomic E-state index is -0.723. The number of nitrogens with zero attached hydrogens (tertiary/aromatic N) is 6. The molecular formula is C45H56N10O8. The summed E-state index contributed by atoms with van der Waals surface area (Å²) in [7, 11) is 1.66. The van der Waals surface area contributed by atoms with Crippen LogP contribution in [0.4, 0.5) is 23.0 Å². The molecule has 3 unspecified atom stereocenters. The van der Waals surface area contributed by atoms with Gasteiger partial charge in [0, 0.05) is 92.9 Å². The summed E-state index contributed by atoms with van der Waals surface area (Å²) in [5.41, 5.74) is 9.33. The van der Waals surface area contributed by atoms with Gasteiger partial charge >= 0.3 is 0 Å². The van der Waals surface area contributed by atoms with Crippen molar-refractivity contribution in [2.24, 2.45) is 5.73 Å². The zero-order chi connectivity index (χ0) is 43.8. The van der Waals surface area contributed by atoms with E-state index in [-0.39, 0.29) is 73.4 Å². The molecule has 18 nitrogen and oxygen atoms in total. The number of amides is 5. The van der Waals surface area contributed by atoms with Crippen LogP contribution >= 0.6 is 0 Å². The molecular weight excluding hydrogens is 809 g/mol. The molecule has 7 heterocycles. The van der Waals surface area contributed by atoms with Crippen LogP contribution in [0.1, 0.15) is 90.4 Å². The van der Waals surface area contributed by atoms with Crippen molar-refractivity contribution >= 4 is 52.5 Å². The SMILES string of the molecule is CCc1nc(C(N)=O)c(Nc2ccc(N3CCC(N4CC5CCC(C4)N5C(=O)COc4cccc5c4CN(C4CCC(=O)NC4=O)C5=O)CC3)c(OC)c2)nc1NC1CCOCC1. The number of piperazine rings is 1. The maximum absolute atomic E-state index is 13.8. The molecule has 0 saturated carbocycles. The Morgan fingerprint density at radius 3 is 2.38 bits per heavy atom. The highest BCUT2D eigenvalue weighted by atomic mass is 16.5. The zero-order valence-corrected chi connectivity index (χ0v) is 35.9. The van der Waals surface area contributed by atoms with Crippen LogP contribution in [0.25, 0.3) is 0 Å². The Balaban J connectivity index is 0.795. The molecule has 5 N–H and O–H groups in total. The average molecular weight is 865 g/mol. The van der Waals surface area contributed by atoms with Crippen molar-refractivity contribution < 1.29 is 38.2 Å². The summed E-state index contributed by atoms with van der Waals surface area (Å²) >= 11 is 0. The Bertz CT molecular complexity index is 2260. The number of aryl methyl sites for hydroxylation is 1. The van der Waals surface area contributed by atoms with Crippen molar-refractivity contribution in [2.75, 3.05) is 68.6 Å². The highest BCUT2D eigenvalue weighted by Gasteiger charge is 2.45. The summed E-state index contributed by atoms with van der Waals surface area (Å²) < 4.78 is 17.6. The lowest BCUT2D eigenvalue weighted by molar-refractivity contribution is -0.140. The molecule has 6 aliphatic heterocycles. The van der Waals surface area contributed by atoms with Crippen LogP contribution in [-0.2, 0) is 32.1 Å². The van der Waals surface area contributed by atoms with Gasteiger partial charge in [0.25, 0.3) is 17.7 Å². The summed E-state index contributed by atoms with van der Waals surface area (Å²) in [6.07, 6.45) is 6.60. The molecule has 63 heavy (non-hydrogen) atoms. The fourth-order valence-electron chi connectivity index (χ4n) is 10.3. The topological polar surface area (TPSA) is 214 Å². The van der Waals surface area contributed by atoms with E-state index in [2.05, 4.69) is 30.7 Å². The summed E-state index contributed by atoms with van der Waals surface area (Å²) in [5.74, 6) is 0.276. The smallest absolute Gasteiger partial charge is 0.271 e. The van der Waals surface area contributed by atoms with Gasteiger partial charge in [0.2, 0.25) is 11.8 Å². The number of fused-ring (bicyclic) bond motifs is 3. The number of ether oxygens (including phenoxy) is 3. The minimum Gasteiger partial charge on any atom is -0.495 e. The van der Waals surface area contributed by atoms with Crippen LogP contribution in [0.15, 0.2) is 36.4 Å². The molecule has 5 saturated heterocycles. The van der Waals surface area contributed by atoms with Gasteiger partial charge < -0.3 is 45.3 Å². The first-order valence-electron chi connectivity index (χ1n) is 22.3. The van der Waals surface area contributed by atoms with E-state index in [1.54, 1.807) is 25.3 Å². The standard InChI is InChI=1S/C45H56N10O8/c1-3-33-42(47-26-15-19-62-20-16-26)51-43(40(49-33)41(46)58)48-27-7-10-34(37(21-27)61-2)52-17-13-28(14-18-52)53-22-29-8-9-30(23-53)55(29)39(57)25-63-36-6-4-5-31-32(36)24-54(45(31)60)35-11-12-38(56)50-44(35)59/h4-7,10,21,26,28-30,35H,3,8-9,11-20,22-25H2,1-2H3,(H2,46,58)(H2,47,48,51)(H,50,56,59). The number of methoxy groups -OCH3 is 1. The first kappa shape index (κ1) is 42.3. The average Bonchev–Trinajstić information content (AvgIpc) is 3.77. The highest BCUT2D eigenvalue weighted by molar-refractivity contribution is 6.05. The lowest BCUT2D eigenvalue weighted by atomic mass is 10.00. The number of hydrogen-bond donors (Lipinski definition) is 4. The maximum atomic E-state index is 13.8. The first-order chi connectivity index (χ1) is 30.6. The first-order valence-corrected chi connectivity index (χ1v) is 22.3. The number of anilines is 4. The number of carbonyl (C=O) groups excluding carboxylic acids is 5. The normalized spacial score (nSPS) is 23.1. The van der Waals surface area contributed by atoms with Gasteiger partial charge in [0.1, 0.15) is 17.5 Å². The monoisotopic (exact) mass is 864 g/mol. The molecule has 0 aliphatic carbocycles. The molecule has 9 rings (SSSR count). The van der Waals surface area contributed by atoms with Gasteiger partial charge in [-0.2, -0.15) is 0 Å². The van der Waals surface area contributed by atoms with E-state index in [1.165, 1.54) is 4.90 Å². The van der Waals surface area contributed by atoms with E-state index < -0.39 is 17.9 Å². The third-order valence-electron chi connectivity index (χ3n) is 13.6. The molecule has 3 aromatic rings. The number of piperidine rings is 2. The van der Waals surface area contributed by atoms with Gasteiger partial charge in [-0.15, -0.1) is 0 Å². The number of likely N-dealkylation sites (tertiary alicyclic amines) is 1. The molecule has 3 atom stereocenters. The van der Waals surface area contributed by atoms with Crippen LogP contribution in [0, 0.1) is 0 Å². The van der Waals surface area contributed by atoms with E-state index in [0.717, 1.165) is 70.4 Å².